The zero-order valence-electron chi connectivity index (χ0n) is 12.3. The van der Waals surface area contributed by atoms with Crippen molar-refractivity contribution < 1.29 is 0 Å². The first kappa shape index (κ1) is 13.3. The molecule has 0 amide bonds. The summed E-state index contributed by atoms with van der Waals surface area (Å²) in [6.07, 6.45) is 7.67. The molecule has 1 fully saturated rings. The van der Waals surface area contributed by atoms with Crippen molar-refractivity contribution in [2.24, 2.45) is 13.0 Å². The minimum absolute atomic E-state index is 0.760. The fourth-order valence-electron chi connectivity index (χ4n) is 2.87. The Morgan fingerprint density at radius 2 is 2.20 bits per heavy atom. The summed E-state index contributed by atoms with van der Waals surface area (Å²) in [6, 6.07) is 4.32. The van der Waals surface area contributed by atoms with Gasteiger partial charge in [-0.05, 0) is 56.8 Å². The van der Waals surface area contributed by atoms with Gasteiger partial charge in [0.05, 0.1) is 17.6 Å². The van der Waals surface area contributed by atoms with E-state index in [-0.39, 0.29) is 0 Å². The van der Waals surface area contributed by atoms with Crippen molar-refractivity contribution in [3.05, 3.63) is 35.9 Å². The zero-order chi connectivity index (χ0) is 13.9. The van der Waals surface area contributed by atoms with Crippen LogP contribution in [0.15, 0.2) is 24.5 Å². The highest BCUT2D eigenvalue weighted by Crippen LogP contribution is 2.20. The standard InChI is InChI=1S/C16H22N4/c1-12-18-11-16(20(12)2)15-6-5-14(10-19-15)8-13-4-3-7-17-9-13/h5-6,10-11,13,17H,3-4,7-9H2,1-2H3. The first-order chi connectivity index (χ1) is 9.74. The maximum absolute atomic E-state index is 4.61. The van der Waals surface area contributed by atoms with E-state index >= 15 is 0 Å². The number of hydrogen-bond acceptors (Lipinski definition) is 3. The molecule has 4 heteroatoms. The van der Waals surface area contributed by atoms with Gasteiger partial charge in [0.2, 0.25) is 0 Å². The molecular weight excluding hydrogens is 248 g/mol. The Balaban J connectivity index is 1.72. The van der Waals surface area contributed by atoms with Crippen molar-refractivity contribution in [2.75, 3.05) is 13.1 Å². The topological polar surface area (TPSA) is 42.7 Å². The Kier molecular flexibility index (Phi) is 3.83. The van der Waals surface area contributed by atoms with Gasteiger partial charge in [-0.1, -0.05) is 6.07 Å². The van der Waals surface area contributed by atoms with Gasteiger partial charge in [-0.2, -0.15) is 0 Å². The highest BCUT2D eigenvalue weighted by atomic mass is 15.1. The summed E-state index contributed by atoms with van der Waals surface area (Å²) in [6.45, 7) is 4.32. The molecule has 1 N–H and O–H groups in total. The number of pyridine rings is 1. The first-order valence-electron chi connectivity index (χ1n) is 7.38. The van der Waals surface area contributed by atoms with E-state index in [0.717, 1.165) is 36.1 Å². The number of rotatable bonds is 3. The fraction of sp³-hybridized carbons (Fsp3) is 0.500. The maximum atomic E-state index is 4.61. The van der Waals surface area contributed by atoms with Crippen LogP contribution in [0.2, 0.25) is 0 Å². The lowest BCUT2D eigenvalue weighted by Crippen LogP contribution is -2.30. The van der Waals surface area contributed by atoms with Crippen LogP contribution in [0.1, 0.15) is 24.2 Å². The predicted molar refractivity (Wildman–Crippen MR) is 80.5 cm³/mol. The molecule has 0 bridgehead atoms. The maximum Gasteiger partial charge on any atom is 0.105 e. The van der Waals surface area contributed by atoms with Crippen molar-refractivity contribution in [1.82, 2.24) is 19.9 Å². The second-order valence-electron chi connectivity index (χ2n) is 5.72. The molecule has 1 aliphatic heterocycles. The molecule has 20 heavy (non-hydrogen) atoms. The molecule has 4 nitrogen and oxygen atoms in total. The number of piperidine rings is 1. The molecule has 1 aliphatic rings. The Hall–Kier alpha value is -1.68. The van der Waals surface area contributed by atoms with E-state index in [9.17, 15) is 0 Å². The van der Waals surface area contributed by atoms with Crippen LogP contribution in [0.25, 0.3) is 11.4 Å². The molecule has 1 atom stereocenters. The van der Waals surface area contributed by atoms with Gasteiger partial charge in [-0.15, -0.1) is 0 Å². The molecule has 0 aromatic carbocycles. The van der Waals surface area contributed by atoms with Crippen LogP contribution >= 0.6 is 0 Å². The number of imidazole rings is 1. The molecule has 0 spiro atoms. The molecule has 1 unspecified atom stereocenters. The highest BCUT2D eigenvalue weighted by Gasteiger charge is 2.14. The van der Waals surface area contributed by atoms with Gasteiger partial charge in [0.1, 0.15) is 5.82 Å². The minimum atomic E-state index is 0.760. The van der Waals surface area contributed by atoms with Gasteiger partial charge in [0.15, 0.2) is 0 Å². The van der Waals surface area contributed by atoms with Crippen LogP contribution in [0.3, 0.4) is 0 Å². The Labute approximate surface area is 120 Å². The van der Waals surface area contributed by atoms with Gasteiger partial charge in [-0.25, -0.2) is 4.98 Å². The number of hydrogen-bond donors (Lipinski definition) is 1. The zero-order valence-corrected chi connectivity index (χ0v) is 12.3. The van der Waals surface area contributed by atoms with Crippen LogP contribution in [0.4, 0.5) is 0 Å². The normalized spacial score (nSPS) is 19.2. The smallest absolute Gasteiger partial charge is 0.105 e. The third kappa shape index (κ3) is 2.75. The lowest BCUT2D eigenvalue weighted by molar-refractivity contribution is 0.376. The van der Waals surface area contributed by atoms with Gasteiger partial charge in [0.25, 0.3) is 0 Å². The average molecular weight is 270 g/mol. The van der Waals surface area contributed by atoms with Gasteiger partial charge in [-0.3, -0.25) is 4.98 Å². The summed E-state index contributed by atoms with van der Waals surface area (Å²) >= 11 is 0. The minimum Gasteiger partial charge on any atom is -0.330 e. The van der Waals surface area contributed by atoms with Crippen LogP contribution in [0.5, 0.6) is 0 Å². The van der Waals surface area contributed by atoms with Crippen molar-refractivity contribution in [2.45, 2.75) is 26.2 Å². The van der Waals surface area contributed by atoms with E-state index < -0.39 is 0 Å². The predicted octanol–water partition coefficient (Wildman–Crippen LogP) is 2.33. The Morgan fingerprint density at radius 1 is 1.30 bits per heavy atom. The third-order valence-corrected chi connectivity index (χ3v) is 4.23. The SMILES string of the molecule is Cc1ncc(-c2ccc(CC3CCCNC3)cn2)n1C. The van der Waals surface area contributed by atoms with Crippen molar-refractivity contribution in [3.63, 3.8) is 0 Å². The van der Waals surface area contributed by atoms with E-state index in [1.165, 1.54) is 24.9 Å². The lowest BCUT2D eigenvalue weighted by Gasteiger charge is -2.22. The van der Waals surface area contributed by atoms with E-state index in [4.69, 9.17) is 0 Å². The Morgan fingerprint density at radius 3 is 2.80 bits per heavy atom. The molecular formula is C16H22N4. The van der Waals surface area contributed by atoms with Crippen LogP contribution < -0.4 is 5.32 Å². The molecule has 106 valence electrons. The van der Waals surface area contributed by atoms with Crippen LogP contribution in [-0.2, 0) is 13.5 Å². The summed E-state index contributed by atoms with van der Waals surface area (Å²) < 4.78 is 2.08. The van der Waals surface area contributed by atoms with Crippen molar-refractivity contribution >= 4 is 0 Å². The molecule has 0 saturated carbocycles. The van der Waals surface area contributed by atoms with Crippen molar-refractivity contribution in [1.29, 1.82) is 0 Å². The quantitative estimate of drug-likeness (QED) is 0.931. The summed E-state index contributed by atoms with van der Waals surface area (Å²) in [5.74, 6) is 1.77. The van der Waals surface area contributed by atoms with Crippen LogP contribution in [0, 0.1) is 12.8 Å². The fourth-order valence-corrected chi connectivity index (χ4v) is 2.87. The van der Waals surface area contributed by atoms with Gasteiger partial charge >= 0.3 is 0 Å². The van der Waals surface area contributed by atoms with E-state index in [1.807, 2.05) is 26.4 Å². The molecule has 2 aromatic heterocycles. The second-order valence-corrected chi connectivity index (χ2v) is 5.72. The lowest BCUT2D eigenvalue weighted by atomic mass is 9.93. The number of nitrogens with zero attached hydrogens (tertiary/aromatic N) is 3. The summed E-state index contributed by atoms with van der Waals surface area (Å²) in [5.41, 5.74) is 3.41. The number of aryl methyl sites for hydroxylation is 1. The van der Waals surface area contributed by atoms with E-state index in [2.05, 4.69) is 32.0 Å². The monoisotopic (exact) mass is 270 g/mol. The molecule has 0 radical (unpaired) electrons. The third-order valence-electron chi connectivity index (χ3n) is 4.23. The van der Waals surface area contributed by atoms with Crippen molar-refractivity contribution in [3.8, 4) is 11.4 Å². The first-order valence-corrected chi connectivity index (χ1v) is 7.38. The molecule has 2 aromatic rings. The molecule has 0 aliphatic carbocycles. The molecule has 1 saturated heterocycles. The van der Waals surface area contributed by atoms with Crippen LogP contribution in [-0.4, -0.2) is 27.6 Å². The van der Waals surface area contributed by atoms with Gasteiger partial charge < -0.3 is 9.88 Å². The number of nitrogens with one attached hydrogen (secondary N) is 1. The molecule has 3 rings (SSSR count). The van der Waals surface area contributed by atoms with E-state index in [0.29, 0.717) is 0 Å². The second kappa shape index (κ2) is 5.75. The van der Waals surface area contributed by atoms with E-state index in [1.54, 1.807) is 0 Å². The van der Waals surface area contributed by atoms with Gasteiger partial charge in [0, 0.05) is 13.2 Å². The average Bonchev–Trinajstić information content (AvgIpc) is 2.81. The summed E-state index contributed by atoms with van der Waals surface area (Å²) in [4.78, 5) is 8.93. The summed E-state index contributed by atoms with van der Waals surface area (Å²) in [7, 11) is 2.03. The molecule has 3 heterocycles. The highest BCUT2D eigenvalue weighted by molar-refractivity contribution is 5.54. The Bertz CT molecular complexity index is 565. The number of aromatic nitrogens is 3. The largest absolute Gasteiger partial charge is 0.330 e. The summed E-state index contributed by atoms with van der Waals surface area (Å²) in [5, 5.41) is 3.47.